The Kier molecular flexibility index (Phi) is 5.79. The Bertz CT molecular complexity index is 2930. The Hall–Kier alpha value is -7.19. The first-order valence-electron chi connectivity index (χ1n) is 16.7. The Morgan fingerprint density at radius 1 is 0.412 bits per heavy atom. The van der Waals surface area contributed by atoms with Crippen molar-refractivity contribution in [2.45, 2.75) is 0 Å². The summed E-state index contributed by atoms with van der Waals surface area (Å²) in [7, 11) is 0. The minimum atomic E-state index is 0.555. The van der Waals surface area contributed by atoms with E-state index in [-0.39, 0.29) is 0 Å². The van der Waals surface area contributed by atoms with E-state index < -0.39 is 0 Å². The first kappa shape index (κ1) is 27.7. The van der Waals surface area contributed by atoms with E-state index in [9.17, 15) is 0 Å². The van der Waals surface area contributed by atoms with Crippen LogP contribution in [0.3, 0.4) is 0 Å². The highest BCUT2D eigenvalue weighted by atomic mass is 16.3. The molecule has 8 heteroatoms. The van der Waals surface area contributed by atoms with Crippen LogP contribution in [0.2, 0.25) is 0 Å². The van der Waals surface area contributed by atoms with Gasteiger partial charge in [-0.25, -0.2) is 9.97 Å². The van der Waals surface area contributed by atoms with Gasteiger partial charge < -0.3 is 13.6 Å². The van der Waals surface area contributed by atoms with Crippen molar-refractivity contribution in [3.05, 3.63) is 152 Å². The number of pyridine rings is 2. The quantitative estimate of drug-likeness (QED) is 0.188. The Labute approximate surface area is 289 Å². The normalized spacial score (nSPS) is 11.9. The third-order valence-corrected chi connectivity index (χ3v) is 9.91. The Morgan fingerprint density at radius 3 is 1.63 bits per heavy atom. The number of rotatable bonds is 4. The smallest absolute Gasteiger partial charge is 0.229 e. The highest BCUT2D eigenvalue weighted by Crippen LogP contribution is 2.38. The predicted molar refractivity (Wildman–Crippen MR) is 202 cm³/mol. The molecule has 0 amide bonds. The van der Waals surface area contributed by atoms with Crippen LogP contribution in [-0.4, -0.2) is 34.5 Å². The molecule has 0 aliphatic carbocycles. The molecule has 0 N–H and O–H groups in total. The third-order valence-electron chi connectivity index (χ3n) is 9.91. The Morgan fingerprint density at radius 2 is 0.961 bits per heavy atom. The van der Waals surface area contributed by atoms with E-state index in [1.165, 1.54) is 16.3 Å². The van der Waals surface area contributed by atoms with Gasteiger partial charge in [-0.15, -0.1) is 10.2 Å². The highest BCUT2D eigenvalue weighted by molar-refractivity contribution is 6.11. The van der Waals surface area contributed by atoms with E-state index in [1.54, 1.807) is 6.20 Å². The second-order valence-corrected chi connectivity index (χ2v) is 12.7. The van der Waals surface area contributed by atoms with Gasteiger partial charge in [0.2, 0.25) is 11.4 Å². The number of nitrogens with zero attached hydrogens (tertiary/aromatic N) is 7. The van der Waals surface area contributed by atoms with Crippen LogP contribution in [0.15, 0.2) is 156 Å². The van der Waals surface area contributed by atoms with Crippen LogP contribution in [0.4, 0.5) is 0 Å². The molecule has 6 aromatic heterocycles. The maximum Gasteiger partial charge on any atom is 0.229 e. The van der Waals surface area contributed by atoms with E-state index >= 15 is 0 Å². The number of furan rings is 1. The molecule has 0 atom stereocenters. The molecule has 11 aromatic rings. The van der Waals surface area contributed by atoms with Crippen LogP contribution in [0.5, 0.6) is 0 Å². The number of para-hydroxylation sites is 3. The van der Waals surface area contributed by atoms with E-state index in [0.717, 1.165) is 71.9 Å². The summed E-state index contributed by atoms with van der Waals surface area (Å²) in [6.07, 6.45) is 5.51. The lowest BCUT2D eigenvalue weighted by molar-refractivity contribution is 0.640. The van der Waals surface area contributed by atoms with E-state index in [0.29, 0.717) is 11.4 Å². The van der Waals surface area contributed by atoms with Gasteiger partial charge in [-0.05, 0) is 77.0 Å². The van der Waals surface area contributed by atoms with Crippen molar-refractivity contribution in [3.8, 4) is 33.6 Å². The van der Waals surface area contributed by atoms with Crippen molar-refractivity contribution >= 4 is 65.9 Å². The fourth-order valence-corrected chi connectivity index (χ4v) is 7.57. The molecule has 0 aliphatic rings. The van der Waals surface area contributed by atoms with Gasteiger partial charge >= 0.3 is 0 Å². The van der Waals surface area contributed by atoms with Crippen molar-refractivity contribution in [1.82, 2.24) is 34.5 Å². The molecule has 0 unspecified atom stereocenters. The largest absolute Gasteiger partial charge is 0.419 e. The molecular formula is C43H25N7O. The lowest BCUT2D eigenvalue weighted by atomic mass is 10.0. The first-order valence-corrected chi connectivity index (χ1v) is 16.7. The molecule has 0 radical (unpaired) electrons. The van der Waals surface area contributed by atoms with Gasteiger partial charge in [0.15, 0.2) is 0 Å². The minimum Gasteiger partial charge on any atom is -0.419 e. The number of benzene rings is 5. The van der Waals surface area contributed by atoms with Crippen molar-refractivity contribution in [2.75, 3.05) is 0 Å². The van der Waals surface area contributed by atoms with E-state index in [1.807, 2.05) is 30.6 Å². The second kappa shape index (κ2) is 10.7. The third kappa shape index (κ3) is 4.17. The zero-order valence-electron chi connectivity index (χ0n) is 27.0. The fraction of sp³-hybridized carbons (Fsp3) is 0. The van der Waals surface area contributed by atoms with Gasteiger partial charge in [0.1, 0.15) is 5.52 Å². The molecule has 51 heavy (non-hydrogen) atoms. The number of hydrogen-bond donors (Lipinski definition) is 0. The molecule has 0 saturated carbocycles. The first-order chi connectivity index (χ1) is 25.3. The van der Waals surface area contributed by atoms with Crippen LogP contribution < -0.4 is 0 Å². The molecule has 238 valence electrons. The molecule has 0 bridgehead atoms. The van der Waals surface area contributed by atoms with Gasteiger partial charge in [-0.1, -0.05) is 72.8 Å². The van der Waals surface area contributed by atoms with Crippen LogP contribution in [-0.2, 0) is 0 Å². The van der Waals surface area contributed by atoms with E-state index in [2.05, 4.69) is 140 Å². The van der Waals surface area contributed by atoms with Crippen molar-refractivity contribution in [1.29, 1.82) is 0 Å². The molecule has 6 heterocycles. The number of aromatic nitrogens is 7. The average Bonchev–Trinajstić information content (AvgIpc) is 3.85. The number of fused-ring (bicyclic) bond motifs is 9. The summed E-state index contributed by atoms with van der Waals surface area (Å²) in [5, 5.41) is 17.7. The summed E-state index contributed by atoms with van der Waals surface area (Å²) in [6.45, 7) is 0. The average molecular weight is 656 g/mol. The summed E-state index contributed by atoms with van der Waals surface area (Å²) in [4.78, 5) is 9.54. The molecule has 0 aliphatic heterocycles. The topological polar surface area (TPSA) is 87.4 Å². The second-order valence-electron chi connectivity index (χ2n) is 12.7. The zero-order chi connectivity index (χ0) is 33.5. The highest BCUT2D eigenvalue weighted by Gasteiger charge is 2.18. The number of hydrogen-bond acceptors (Lipinski definition) is 6. The van der Waals surface area contributed by atoms with Crippen molar-refractivity contribution in [3.63, 3.8) is 0 Å². The molecular weight excluding hydrogens is 631 g/mol. The van der Waals surface area contributed by atoms with Crippen molar-refractivity contribution < 1.29 is 4.42 Å². The van der Waals surface area contributed by atoms with Crippen LogP contribution >= 0.6 is 0 Å². The standard InChI is InChI=1S/C43H25N7O/c1-3-9-30(10-4-1)49-37-14-8-7-13-32(37)33-17-15-26(21-38(33)49)28-19-35-36-20-29(24-45-43(36)51-42(35)44-23-28)27-16-18-34-39(22-27)50(31-11-5-2-6-12-31)40-25-46-48-47-41(34)40/h1-25H. The van der Waals surface area contributed by atoms with Crippen LogP contribution in [0.25, 0.3) is 99.6 Å². The minimum absolute atomic E-state index is 0.555. The lowest BCUT2D eigenvalue weighted by Gasteiger charge is -2.09. The molecule has 0 spiro atoms. The SMILES string of the molecule is c1ccc(-n2c3ccccc3c3ccc(-c4cnc5oc6ncc(-c7ccc8c9nnncc9n(-c9ccccc9)c8c7)cc6c5c4)cc32)cc1. The molecule has 8 nitrogen and oxygen atoms in total. The monoisotopic (exact) mass is 655 g/mol. The van der Waals surface area contributed by atoms with E-state index in [4.69, 9.17) is 14.4 Å². The van der Waals surface area contributed by atoms with Gasteiger partial charge in [0.25, 0.3) is 0 Å². The zero-order valence-corrected chi connectivity index (χ0v) is 27.0. The van der Waals surface area contributed by atoms with Gasteiger partial charge in [-0.3, -0.25) is 0 Å². The van der Waals surface area contributed by atoms with Crippen LogP contribution in [0, 0.1) is 0 Å². The summed E-state index contributed by atoms with van der Waals surface area (Å²) >= 11 is 0. The summed E-state index contributed by atoms with van der Waals surface area (Å²) in [6, 6.07) is 46.7. The van der Waals surface area contributed by atoms with Gasteiger partial charge in [-0.2, -0.15) is 0 Å². The fourth-order valence-electron chi connectivity index (χ4n) is 7.57. The summed E-state index contributed by atoms with van der Waals surface area (Å²) in [5.74, 6) is 0. The van der Waals surface area contributed by atoms with Crippen LogP contribution in [0.1, 0.15) is 0 Å². The molecule has 11 rings (SSSR count). The molecule has 0 fully saturated rings. The predicted octanol–water partition coefficient (Wildman–Crippen LogP) is 10.1. The maximum atomic E-state index is 6.16. The van der Waals surface area contributed by atoms with Crippen molar-refractivity contribution in [2.24, 2.45) is 0 Å². The maximum absolute atomic E-state index is 6.16. The molecule has 5 aromatic carbocycles. The van der Waals surface area contributed by atoms with Gasteiger partial charge in [0.05, 0.1) is 39.0 Å². The van der Waals surface area contributed by atoms with Gasteiger partial charge in [0, 0.05) is 51.1 Å². The Balaban J connectivity index is 1.07. The molecule has 0 saturated heterocycles. The summed E-state index contributed by atoms with van der Waals surface area (Å²) < 4.78 is 10.7. The lowest BCUT2D eigenvalue weighted by Crippen LogP contribution is -1.95. The summed E-state index contributed by atoms with van der Waals surface area (Å²) in [5.41, 5.74) is 12.4.